The van der Waals surface area contributed by atoms with E-state index in [0.717, 1.165) is 29.9 Å². The van der Waals surface area contributed by atoms with Gasteiger partial charge in [-0.15, -0.1) is 0 Å². The quantitative estimate of drug-likeness (QED) is 0.821. The lowest BCUT2D eigenvalue weighted by Gasteiger charge is -2.20. The van der Waals surface area contributed by atoms with Crippen LogP contribution in [0.5, 0.6) is 0 Å². The Hall–Kier alpha value is -2.30. The minimum absolute atomic E-state index is 0.0696. The highest BCUT2D eigenvalue weighted by molar-refractivity contribution is 5.92. The van der Waals surface area contributed by atoms with E-state index >= 15 is 0 Å². The maximum Gasteiger partial charge on any atom is 0.276 e. The van der Waals surface area contributed by atoms with Crippen molar-refractivity contribution in [3.8, 4) is 0 Å². The number of hydrogen-bond donors (Lipinski definition) is 0. The number of carbonyl (C=O) groups is 1. The third-order valence-corrected chi connectivity index (χ3v) is 4.22. The van der Waals surface area contributed by atoms with Crippen molar-refractivity contribution in [3.63, 3.8) is 0 Å². The van der Waals surface area contributed by atoms with E-state index in [1.54, 1.807) is 11.0 Å². The molecule has 23 heavy (non-hydrogen) atoms. The molecule has 1 saturated carbocycles. The van der Waals surface area contributed by atoms with Gasteiger partial charge in [-0.1, -0.05) is 17.3 Å². The Balaban J connectivity index is 1.69. The number of anilines is 1. The molecule has 0 aliphatic heterocycles. The van der Waals surface area contributed by atoms with Gasteiger partial charge in [-0.05, 0) is 37.5 Å². The van der Waals surface area contributed by atoms with E-state index in [2.05, 4.69) is 34.3 Å². The van der Waals surface area contributed by atoms with Gasteiger partial charge in [-0.25, -0.2) is 0 Å². The molecule has 1 aromatic carbocycles. The number of aromatic nitrogens is 1. The summed E-state index contributed by atoms with van der Waals surface area (Å²) in [7, 11) is 4.03. The molecule has 5 heteroatoms. The zero-order valence-electron chi connectivity index (χ0n) is 14.0. The van der Waals surface area contributed by atoms with Crippen LogP contribution in [0.4, 0.5) is 5.69 Å². The highest BCUT2D eigenvalue weighted by Crippen LogP contribution is 2.40. The SMILES string of the molecule is CCN(Cc1ccc(N(C)C)cc1)C(=O)c1cc(C2CC2)on1. The topological polar surface area (TPSA) is 49.6 Å². The number of amides is 1. The van der Waals surface area contributed by atoms with Crippen molar-refractivity contribution in [2.24, 2.45) is 0 Å². The maximum absolute atomic E-state index is 12.6. The van der Waals surface area contributed by atoms with Gasteiger partial charge in [0.05, 0.1) is 0 Å². The number of hydrogen-bond acceptors (Lipinski definition) is 4. The average molecular weight is 313 g/mol. The Kier molecular flexibility index (Phi) is 4.37. The van der Waals surface area contributed by atoms with E-state index in [0.29, 0.717) is 24.7 Å². The first-order valence-electron chi connectivity index (χ1n) is 8.10. The van der Waals surface area contributed by atoms with Crippen molar-refractivity contribution >= 4 is 11.6 Å². The summed E-state index contributed by atoms with van der Waals surface area (Å²) >= 11 is 0. The second-order valence-electron chi connectivity index (χ2n) is 6.27. The van der Waals surface area contributed by atoms with Crippen molar-refractivity contribution in [3.05, 3.63) is 47.3 Å². The summed E-state index contributed by atoms with van der Waals surface area (Å²) in [5.41, 5.74) is 2.67. The fraction of sp³-hybridized carbons (Fsp3) is 0.444. The summed E-state index contributed by atoms with van der Waals surface area (Å²) in [5, 5.41) is 3.95. The fourth-order valence-electron chi connectivity index (χ4n) is 2.56. The fourth-order valence-corrected chi connectivity index (χ4v) is 2.56. The molecule has 2 aromatic rings. The molecule has 1 aliphatic carbocycles. The molecule has 1 fully saturated rings. The van der Waals surface area contributed by atoms with Crippen LogP contribution in [0, 0.1) is 0 Å². The van der Waals surface area contributed by atoms with Gasteiger partial charge in [-0.2, -0.15) is 0 Å². The maximum atomic E-state index is 12.6. The summed E-state index contributed by atoms with van der Waals surface area (Å²) < 4.78 is 5.29. The molecule has 1 aliphatic rings. The van der Waals surface area contributed by atoms with Gasteiger partial charge in [0.25, 0.3) is 5.91 Å². The standard InChI is InChI=1S/C18H23N3O2/c1-4-21(12-13-5-9-15(10-6-13)20(2)3)18(22)16-11-17(23-19-16)14-7-8-14/h5-6,9-11,14H,4,7-8,12H2,1-3H3. The predicted molar refractivity (Wildman–Crippen MR) is 89.7 cm³/mol. The van der Waals surface area contributed by atoms with Gasteiger partial charge in [0.1, 0.15) is 5.76 Å². The summed E-state index contributed by atoms with van der Waals surface area (Å²) in [6, 6.07) is 10.1. The first kappa shape index (κ1) is 15.6. The van der Waals surface area contributed by atoms with Crippen LogP contribution in [0.1, 0.15) is 47.5 Å². The third kappa shape index (κ3) is 3.55. The van der Waals surface area contributed by atoms with E-state index in [1.807, 2.05) is 21.0 Å². The summed E-state index contributed by atoms with van der Waals surface area (Å²) in [5.74, 6) is 1.25. The molecule has 0 bridgehead atoms. The van der Waals surface area contributed by atoms with Crippen molar-refractivity contribution in [1.82, 2.24) is 10.1 Å². The highest BCUT2D eigenvalue weighted by Gasteiger charge is 2.29. The van der Waals surface area contributed by atoms with E-state index in [1.165, 1.54) is 0 Å². The van der Waals surface area contributed by atoms with Gasteiger partial charge in [0.2, 0.25) is 0 Å². The van der Waals surface area contributed by atoms with Crippen LogP contribution in [0.25, 0.3) is 0 Å². The van der Waals surface area contributed by atoms with Crippen LogP contribution in [-0.4, -0.2) is 36.6 Å². The smallest absolute Gasteiger partial charge is 0.276 e. The van der Waals surface area contributed by atoms with Crippen LogP contribution < -0.4 is 4.90 Å². The normalized spacial score (nSPS) is 13.9. The number of rotatable bonds is 6. The van der Waals surface area contributed by atoms with E-state index in [4.69, 9.17) is 4.52 Å². The second kappa shape index (κ2) is 6.44. The summed E-state index contributed by atoms with van der Waals surface area (Å²) in [4.78, 5) is 16.5. The first-order chi connectivity index (χ1) is 11.1. The lowest BCUT2D eigenvalue weighted by molar-refractivity contribution is 0.0742. The molecule has 1 heterocycles. The molecule has 0 N–H and O–H groups in total. The number of nitrogens with zero attached hydrogens (tertiary/aromatic N) is 3. The lowest BCUT2D eigenvalue weighted by atomic mass is 10.1. The average Bonchev–Trinajstić information content (AvgIpc) is 3.29. The van der Waals surface area contributed by atoms with Crippen molar-refractivity contribution < 1.29 is 9.32 Å². The minimum Gasteiger partial charge on any atom is -0.378 e. The molecule has 0 radical (unpaired) electrons. The third-order valence-electron chi connectivity index (χ3n) is 4.22. The van der Waals surface area contributed by atoms with E-state index in [-0.39, 0.29) is 5.91 Å². The second-order valence-corrected chi connectivity index (χ2v) is 6.27. The lowest BCUT2D eigenvalue weighted by Crippen LogP contribution is -2.30. The summed E-state index contributed by atoms with van der Waals surface area (Å²) in [6.07, 6.45) is 2.27. The molecule has 1 amide bonds. The van der Waals surface area contributed by atoms with Gasteiger partial charge in [0, 0.05) is 44.9 Å². The Labute approximate surface area is 136 Å². The van der Waals surface area contributed by atoms with Gasteiger partial charge in [-0.3, -0.25) is 4.79 Å². The van der Waals surface area contributed by atoms with Crippen LogP contribution in [0.15, 0.2) is 34.9 Å². The zero-order valence-corrected chi connectivity index (χ0v) is 14.0. The highest BCUT2D eigenvalue weighted by atomic mass is 16.5. The van der Waals surface area contributed by atoms with E-state index < -0.39 is 0 Å². The zero-order chi connectivity index (χ0) is 16.4. The van der Waals surface area contributed by atoms with Crippen molar-refractivity contribution in [2.45, 2.75) is 32.2 Å². The molecule has 122 valence electrons. The molecule has 0 atom stereocenters. The Morgan fingerprint density at radius 2 is 1.96 bits per heavy atom. The summed E-state index contributed by atoms with van der Waals surface area (Å²) in [6.45, 7) is 3.20. The Morgan fingerprint density at radius 1 is 1.26 bits per heavy atom. The van der Waals surface area contributed by atoms with Crippen molar-refractivity contribution in [2.75, 3.05) is 25.5 Å². The van der Waals surface area contributed by atoms with Crippen molar-refractivity contribution in [1.29, 1.82) is 0 Å². The minimum atomic E-state index is -0.0696. The largest absolute Gasteiger partial charge is 0.378 e. The van der Waals surface area contributed by atoms with Crippen LogP contribution in [0.3, 0.4) is 0 Å². The number of carbonyl (C=O) groups excluding carboxylic acids is 1. The van der Waals surface area contributed by atoms with Gasteiger partial charge in [0.15, 0.2) is 5.69 Å². The molecule has 0 saturated heterocycles. The first-order valence-corrected chi connectivity index (χ1v) is 8.10. The van der Waals surface area contributed by atoms with E-state index in [9.17, 15) is 4.79 Å². The Bertz CT molecular complexity index is 672. The molecule has 0 unspecified atom stereocenters. The molecule has 0 spiro atoms. The molecular formula is C18H23N3O2. The monoisotopic (exact) mass is 313 g/mol. The molecular weight excluding hydrogens is 290 g/mol. The molecule has 1 aromatic heterocycles. The number of benzene rings is 1. The van der Waals surface area contributed by atoms with Crippen LogP contribution in [0.2, 0.25) is 0 Å². The van der Waals surface area contributed by atoms with Gasteiger partial charge < -0.3 is 14.3 Å². The van der Waals surface area contributed by atoms with Gasteiger partial charge >= 0.3 is 0 Å². The molecule has 5 nitrogen and oxygen atoms in total. The van der Waals surface area contributed by atoms with Crippen LogP contribution in [-0.2, 0) is 6.54 Å². The van der Waals surface area contributed by atoms with Crippen LogP contribution >= 0.6 is 0 Å². The Morgan fingerprint density at radius 3 is 2.52 bits per heavy atom. The molecule has 3 rings (SSSR count). The predicted octanol–water partition coefficient (Wildman–Crippen LogP) is 3.28.